The van der Waals surface area contributed by atoms with Gasteiger partial charge in [-0.25, -0.2) is 14.4 Å². The van der Waals surface area contributed by atoms with E-state index in [2.05, 4.69) is 16.2 Å². The van der Waals surface area contributed by atoms with Crippen LogP contribution in [0.5, 0.6) is 5.75 Å². The first kappa shape index (κ1) is 10.7. The molecule has 1 aromatic heterocycles. The van der Waals surface area contributed by atoms with Crippen molar-refractivity contribution in [1.82, 2.24) is 9.97 Å². The zero-order valence-corrected chi connectivity index (χ0v) is 9.26. The number of hydrogen-bond acceptors (Lipinski definition) is 3. The molecular formula is C14H8FN2O. The summed E-state index contributed by atoms with van der Waals surface area (Å²) in [4.78, 5) is 7.77. The minimum absolute atomic E-state index is 0.0606. The number of aromatic nitrogens is 2. The Labute approximate surface area is 103 Å². The molecule has 3 rings (SSSR count). The van der Waals surface area contributed by atoms with Crippen molar-refractivity contribution in [3.8, 4) is 16.9 Å². The number of aromatic hydroxyl groups is 1. The molecule has 0 saturated heterocycles. The van der Waals surface area contributed by atoms with E-state index in [1.165, 1.54) is 18.5 Å². The first-order valence-electron chi connectivity index (χ1n) is 5.35. The molecule has 0 atom stereocenters. The normalized spacial score (nSPS) is 10.7. The third-order valence-corrected chi connectivity index (χ3v) is 2.70. The van der Waals surface area contributed by atoms with E-state index >= 15 is 0 Å². The number of benzene rings is 2. The molecule has 0 aliphatic heterocycles. The highest BCUT2D eigenvalue weighted by atomic mass is 19.1. The van der Waals surface area contributed by atoms with Crippen LogP contribution in [0.3, 0.4) is 0 Å². The molecule has 0 bridgehead atoms. The second kappa shape index (κ2) is 4.07. The lowest BCUT2D eigenvalue weighted by molar-refractivity contribution is 0.480. The van der Waals surface area contributed by atoms with Gasteiger partial charge in [0.1, 0.15) is 29.6 Å². The Kier molecular flexibility index (Phi) is 2.41. The molecule has 2 aromatic carbocycles. The molecule has 4 heteroatoms. The van der Waals surface area contributed by atoms with E-state index < -0.39 is 0 Å². The van der Waals surface area contributed by atoms with Crippen LogP contribution in [0, 0.1) is 12.0 Å². The van der Waals surface area contributed by atoms with E-state index in [0.29, 0.717) is 10.9 Å². The van der Waals surface area contributed by atoms with Crippen LogP contribution < -0.4 is 0 Å². The molecule has 0 spiro atoms. The van der Waals surface area contributed by atoms with Crippen LogP contribution >= 0.6 is 0 Å². The zero-order valence-electron chi connectivity index (χ0n) is 9.26. The minimum atomic E-state index is -0.293. The number of phenolic OH excluding ortho intramolecular Hbond substituents is 1. The van der Waals surface area contributed by atoms with Crippen LogP contribution in [0.25, 0.3) is 22.0 Å². The molecule has 3 nitrogen and oxygen atoms in total. The summed E-state index contributed by atoms with van der Waals surface area (Å²) < 4.78 is 12.9. The third-order valence-electron chi connectivity index (χ3n) is 2.70. The van der Waals surface area contributed by atoms with Crippen molar-refractivity contribution in [2.45, 2.75) is 0 Å². The summed E-state index contributed by atoms with van der Waals surface area (Å²) in [7, 11) is 0. The van der Waals surface area contributed by atoms with Crippen molar-refractivity contribution in [3.05, 3.63) is 54.7 Å². The highest BCUT2D eigenvalue weighted by molar-refractivity contribution is 5.88. The number of phenols is 1. The molecule has 0 unspecified atom stereocenters. The van der Waals surface area contributed by atoms with Crippen LogP contribution in [-0.2, 0) is 0 Å². The van der Waals surface area contributed by atoms with Crippen molar-refractivity contribution in [2.24, 2.45) is 0 Å². The monoisotopic (exact) mass is 239 g/mol. The van der Waals surface area contributed by atoms with Crippen LogP contribution in [-0.4, -0.2) is 15.1 Å². The molecule has 1 N–H and O–H groups in total. The molecule has 1 radical (unpaired) electrons. The molecule has 87 valence electrons. The second-order valence-electron chi connectivity index (χ2n) is 3.88. The van der Waals surface area contributed by atoms with Gasteiger partial charge in [0.05, 0.1) is 0 Å². The van der Waals surface area contributed by atoms with Gasteiger partial charge >= 0.3 is 0 Å². The summed E-state index contributed by atoms with van der Waals surface area (Å²) in [6.45, 7) is 0. The van der Waals surface area contributed by atoms with Gasteiger partial charge in [0.2, 0.25) is 0 Å². The first-order chi connectivity index (χ1) is 8.74. The van der Waals surface area contributed by atoms with E-state index in [1.807, 2.05) is 6.07 Å². The summed E-state index contributed by atoms with van der Waals surface area (Å²) in [5.74, 6) is -0.232. The lowest BCUT2D eigenvalue weighted by atomic mass is 10.0. The highest BCUT2D eigenvalue weighted by Gasteiger charge is 2.06. The third kappa shape index (κ3) is 1.78. The predicted octanol–water partition coefficient (Wildman–Crippen LogP) is 2.94. The second-order valence-corrected chi connectivity index (χ2v) is 3.88. The number of hydrogen-bond donors (Lipinski definition) is 1. The molecule has 3 aromatic rings. The van der Waals surface area contributed by atoms with Crippen LogP contribution in [0.1, 0.15) is 0 Å². The number of halogens is 1. The quantitative estimate of drug-likeness (QED) is 0.710. The van der Waals surface area contributed by atoms with Crippen molar-refractivity contribution in [3.63, 3.8) is 0 Å². The van der Waals surface area contributed by atoms with Crippen molar-refractivity contribution in [2.75, 3.05) is 0 Å². The molecule has 18 heavy (non-hydrogen) atoms. The Bertz CT molecular complexity index is 711. The molecule has 0 amide bonds. The maximum Gasteiger partial charge on any atom is 0.142 e. The zero-order chi connectivity index (χ0) is 12.5. The smallest absolute Gasteiger partial charge is 0.142 e. The van der Waals surface area contributed by atoms with Crippen LogP contribution in [0.15, 0.2) is 42.7 Å². The fourth-order valence-corrected chi connectivity index (χ4v) is 1.83. The Morgan fingerprint density at radius 2 is 1.83 bits per heavy atom. The first-order valence-corrected chi connectivity index (χ1v) is 5.35. The summed E-state index contributed by atoms with van der Waals surface area (Å²) in [5.41, 5.74) is 2.03. The van der Waals surface area contributed by atoms with Gasteiger partial charge in [-0.1, -0.05) is 12.1 Å². The predicted molar refractivity (Wildman–Crippen MR) is 65.4 cm³/mol. The van der Waals surface area contributed by atoms with Gasteiger partial charge in [-0.05, 0) is 35.4 Å². The van der Waals surface area contributed by atoms with E-state index in [1.54, 1.807) is 18.2 Å². The Morgan fingerprint density at radius 1 is 1.06 bits per heavy atom. The summed E-state index contributed by atoms with van der Waals surface area (Å²) in [6, 6.07) is 9.46. The van der Waals surface area contributed by atoms with E-state index in [4.69, 9.17) is 0 Å². The van der Waals surface area contributed by atoms with Gasteiger partial charge in [-0.3, -0.25) is 0 Å². The number of rotatable bonds is 1. The van der Waals surface area contributed by atoms with Gasteiger partial charge in [-0.2, -0.15) is 0 Å². The molecule has 0 fully saturated rings. The maximum atomic E-state index is 12.9. The average Bonchev–Trinajstić information content (AvgIpc) is 2.39. The van der Waals surface area contributed by atoms with E-state index in [0.717, 1.165) is 11.1 Å². The average molecular weight is 239 g/mol. The van der Waals surface area contributed by atoms with Gasteiger partial charge in [0, 0.05) is 5.39 Å². The molecule has 0 aliphatic carbocycles. The van der Waals surface area contributed by atoms with E-state index in [9.17, 15) is 9.50 Å². The fraction of sp³-hybridized carbons (Fsp3) is 0. The highest BCUT2D eigenvalue weighted by Crippen LogP contribution is 2.29. The molecule has 0 saturated carbocycles. The Hall–Kier alpha value is -2.49. The van der Waals surface area contributed by atoms with Gasteiger partial charge in [-0.15, -0.1) is 0 Å². The van der Waals surface area contributed by atoms with E-state index in [-0.39, 0.29) is 11.6 Å². The number of nitrogens with zero attached hydrogens (tertiary/aromatic N) is 2. The maximum absolute atomic E-state index is 12.9. The van der Waals surface area contributed by atoms with Crippen LogP contribution in [0.4, 0.5) is 4.39 Å². The topological polar surface area (TPSA) is 46.0 Å². The van der Waals surface area contributed by atoms with Crippen molar-refractivity contribution in [1.29, 1.82) is 0 Å². The summed E-state index contributed by atoms with van der Waals surface area (Å²) in [6.07, 6.45) is 4.10. The largest absolute Gasteiger partial charge is 0.506 e. The van der Waals surface area contributed by atoms with Crippen LogP contribution in [0.2, 0.25) is 0 Å². The molecule has 0 aliphatic rings. The van der Waals surface area contributed by atoms with Crippen molar-refractivity contribution < 1.29 is 9.50 Å². The Morgan fingerprint density at radius 3 is 2.61 bits per heavy atom. The number of fused-ring (bicyclic) bond motifs is 1. The van der Waals surface area contributed by atoms with Gasteiger partial charge < -0.3 is 5.11 Å². The summed E-state index contributed by atoms with van der Waals surface area (Å²) in [5, 5.41) is 10.5. The van der Waals surface area contributed by atoms with Gasteiger partial charge in [0.25, 0.3) is 0 Å². The lowest BCUT2D eigenvalue weighted by Crippen LogP contribution is -1.85. The van der Waals surface area contributed by atoms with Crippen molar-refractivity contribution >= 4 is 10.9 Å². The standard InChI is InChI=1S/C14H8FN2O/c15-12-3-1-9(2-4-12)10-5-11-7-16-8-17-14(11)13(18)6-10/h1-6,8,18H. The molecule has 1 heterocycles. The SMILES string of the molecule is Oc1cc(-c2ccc(F)cc2)cc2[c]ncnc12. The van der Waals surface area contributed by atoms with Gasteiger partial charge in [0.15, 0.2) is 0 Å². The minimum Gasteiger partial charge on any atom is -0.506 e. The molecular weight excluding hydrogens is 231 g/mol. The summed E-state index contributed by atoms with van der Waals surface area (Å²) >= 11 is 0. The fourth-order valence-electron chi connectivity index (χ4n) is 1.83. The lowest BCUT2D eigenvalue weighted by Gasteiger charge is -2.05. The Balaban J connectivity index is 2.21.